The van der Waals surface area contributed by atoms with Gasteiger partial charge in [-0.05, 0) is 48.2 Å². The molecule has 3 aromatic rings. The lowest BCUT2D eigenvalue weighted by atomic mass is 10.0. The minimum atomic E-state index is -0.767. The van der Waals surface area contributed by atoms with Crippen molar-refractivity contribution in [2.75, 3.05) is 6.61 Å². The zero-order chi connectivity index (χ0) is 26.2. The molecule has 3 aromatic carbocycles. The van der Waals surface area contributed by atoms with E-state index in [0.717, 1.165) is 31.2 Å². The monoisotopic (exact) mass is 558 g/mol. The summed E-state index contributed by atoms with van der Waals surface area (Å²) >= 11 is 18.8. The van der Waals surface area contributed by atoms with Gasteiger partial charge in [0.1, 0.15) is 11.8 Å². The Morgan fingerprint density at radius 1 is 0.919 bits per heavy atom. The van der Waals surface area contributed by atoms with Crippen molar-refractivity contribution in [3.05, 3.63) is 99.0 Å². The van der Waals surface area contributed by atoms with Crippen LogP contribution in [0.3, 0.4) is 0 Å². The fraction of sp³-hybridized carbons (Fsp3) is 0.310. The number of carbonyl (C=O) groups is 2. The zero-order valence-corrected chi connectivity index (χ0v) is 22.6. The lowest BCUT2D eigenvalue weighted by Crippen LogP contribution is -2.53. The molecule has 0 saturated heterocycles. The first kappa shape index (κ1) is 27.3. The summed E-state index contributed by atoms with van der Waals surface area (Å²) < 4.78 is 5.77. The number of rotatable bonds is 10. The highest BCUT2D eigenvalue weighted by Gasteiger charge is 2.32. The molecule has 2 amide bonds. The lowest BCUT2D eigenvalue weighted by molar-refractivity contribution is -0.143. The Kier molecular flexibility index (Phi) is 9.73. The van der Waals surface area contributed by atoms with Gasteiger partial charge >= 0.3 is 0 Å². The molecule has 0 aliphatic heterocycles. The Balaban J connectivity index is 1.64. The van der Waals surface area contributed by atoms with Crippen LogP contribution >= 0.6 is 34.8 Å². The average molecular weight is 560 g/mol. The van der Waals surface area contributed by atoms with E-state index in [4.69, 9.17) is 39.5 Å². The third-order valence-corrected chi connectivity index (χ3v) is 7.42. The highest BCUT2D eigenvalue weighted by molar-refractivity contribution is 6.35. The van der Waals surface area contributed by atoms with Gasteiger partial charge < -0.3 is 15.0 Å². The van der Waals surface area contributed by atoms with Crippen molar-refractivity contribution in [1.82, 2.24) is 10.2 Å². The van der Waals surface area contributed by atoms with Gasteiger partial charge in [0.15, 0.2) is 6.61 Å². The maximum absolute atomic E-state index is 13.7. The largest absolute Gasteiger partial charge is 0.482 e. The molecule has 0 radical (unpaired) electrons. The quantitative estimate of drug-likeness (QED) is 0.300. The Morgan fingerprint density at radius 3 is 2.32 bits per heavy atom. The molecule has 1 fully saturated rings. The van der Waals surface area contributed by atoms with E-state index in [1.54, 1.807) is 47.4 Å². The van der Waals surface area contributed by atoms with Crippen LogP contribution in [0.2, 0.25) is 15.1 Å². The first-order chi connectivity index (χ1) is 17.9. The molecular weight excluding hydrogens is 531 g/mol. The van der Waals surface area contributed by atoms with Crippen molar-refractivity contribution >= 4 is 46.6 Å². The highest BCUT2D eigenvalue weighted by atomic mass is 35.5. The van der Waals surface area contributed by atoms with E-state index >= 15 is 0 Å². The van der Waals surface area contributed by atoms with E-state index in [2.05, 4.69) is 5.32 Å². The zero-order valence-electron chi connectivity index (χ0n) is 20.3. The summed E-state index contributed by atoms with van der Waals surface area (Å²) in [7, 11) is 0. The van der Waals surface area contributed by atoms with Crippen molar-refractivity contribution in [2.24, 2.45) is 0 Å². The molecule has 0 spiro atoms. The van der Waals surface area contributed by atoms with Crippen molar-refractivity contribution in [2.45, 2.75) is 50.7 Å². The minimum Gasteiger partial charge on any atom is -0.482 e. The van der Waals surface area contributed by atoms with Crippen LogP contribution in [0.5, 0.6) is 5.75 Å². The molecule has 0 aromatic heterocycles. The molecule has 4 rings (SSSR count). The first-order valence-corrected chi connectivity index (χ1v) is 13.5. The molecule has 8 heteroatoms. The Morgan fingerprint density at radius 2 is 1.62 bits per heavy atom. The molecule has 1 atom stereocenters. The standard InChI is InChI=1S/C29H29Cl3N2O3/c30-22-15-14-21(25(32)17-22)18-34(28(35)19-37-27-13-7-6-12-24(27)31)26(16-20-8-2-1-3-9-20)29(36)33-23-10-4-5-11-23/h1-3,6-9,12-15,17,23,26H,4-5,10-11,16,18-19H2,(H,33,36). The number of carbonyl (C=O) groups excluding carboxylic acids is 2. The fourth-order valence-corrected chi connectivity index (χ4v) is 5.20. The van der Waals surface area contributed by atoms with Crippen LogP contribution in [0.25, 0.3) is 0 Å². The number of hydrogen-bond acceptors (Lipinski definition) is 3. The van der Waals surface area contributed by atoms with Gasteiger partial charge in [0.25, 0.3) is 5.91 Å². The third-order valence-electron chi connectivity index (χ3n) is 6.52. The van der Waals surface area contributed by atoms with Crippen LogP contribution in [0.15, 0.2) is 72.8 Å². The second-order valence-electron chi connectivity index (χ2n) is 9.17. The van der Waals surface area contributed by atoms with Gasteiger partial charge in [0, 0.05) is 29.1 Å². The summed E-state index contributed by atoms with van der Waals surface area (Å²) in [6, 6.07) is 21.1. The van der Waals surface area contributed by atoms with Gasteiger partial charge in [-0.1, -0.05) is 96.2 Å². The topological polar surface area (TPSA) is 58.6 Å². The Hall–Kier alpha value is -2.73. The number of hydrogen-bond donors (Lipinski definition) is 1. The van der Waals surface area contributed by atoms with Crippen molar-refractivity contribution in [1.29, 1.82) is 0 Å². The molecule has 1 aliphatic carbocycles. The average Bonchev–Trinajstić information content (AvgIpc) is 3.40. The van der Waals surface area contributed by atoms with Gasteiger partial charge in [-0.2, -0.15) is 0 Å². The van der Waals surface area contributed by atoms with Crippen molar-refractivity contribution in [3.8, 4) is 5.75 Å². The van der Waals surface area contributed by atoms with Crippen molar-refractivity contribution in [3.63, 3.8) is 0 Å². The van der Waals surface area contributed by atoms with Gasteiger partial charge in [-0.15, -0.1) is 0 Å². The predicted molar refractivity (Wildman–Crippen MR) is 148 cm³/mol. The normalized spacial score (nSPS) is 14.2. The summed E-state index contributed by atoms with van der Waals surface area (Å²) in [5.41, 5.74) is 1.63. The minimum absolute atomic E-state index is 0.112. The van der Waals surface area contributed by atoms with Gasteiger partial charge in [0.05, 0.1) is 5.02 Å². The number of benzene rings is 3. The first-order valence-electron chi connectivity index (χ1n) is 12.4. The van der Waals surface area contributed by atoms with E-state index < -0.39 is 6.04 Å². The SMILES string of the molecule is O=C(NC1CCCC1)C(Cc1ccccc1)N(Cc1ccc(Cl)cc1Cl)C(=O)COc1ccccc1Cl. The summed E-state index contributed by atoms with van der Waals surface area (Å²) in [5.74, 6) is -0.141. The second kappa shape index (κ2) is 13.2. The van der Waals surface area contributed by atoms with Crippen LogP contribution in [0, 0.1) is 0 Å². The third kappa shape index (κ3) is 7.64. The van der Waals surface area contributed by atoms with Crippen molar-refractivity contribution < 1.29 is 14.3 Å². The summed E-state index contributed by atoms with van der Waals surface area (Å²) in [4.78, 5) is 28.9. The molecule has 1 N–H and O–H groups in total. The van der Waals surface area contributed by atoms with E-state index in [1.165, 1.54) is 0 Å². The van der Waals surface area contributed by atoms with Crippen LogP contribution in [-0.2, 0) is 22.6 Å². The maximum atomic E-state index is 13.7. The van der Waals surface area contributed by atoms with Crippen LogP contribution < -0.4 is 10.1 Å². The number of ether oxygens (including phenoxy) is 1. The number of amides is 2. The molecular formula is C29H29Cl3N2O3. The van der Waals surface area contributed by atoms with E-state index in [9.17, 15) is 9.59 Å². The molecule has 37 heavy (non-hydrogen) atoms. The molecule has 1 unspecified atom stereocenters. The number of nitrogens with zero attached hydrogens (tertiary/aromatic N) is 1. The number of para-hydroxylation sites is 1. The molecule has 1 saturated carbocycles. The highest BCUT2D eigenvalue weighted by Crippen LogP contribution is 2.26. The fourth-order valence-electron chi connectivity index (χ4n) is 4.54. The summed E-state index contributed by atoms with van der Waals surface area (Å²) in [6.07, 6.45) is 4.40. The van der Waals surface area contributed by atoms with Crippen LogP contribution in [0.1, 0.15) is 36.8 Å². The number of halogens is 3. The van der Waals surface area contributed by atoms with Gasteiger partial charge in [-0.25, -0.2) is 0 Å². The molecule has 194 valence electrons. The molecule has 1 aliphatic rings. The Bertz CT molecular complexity index is 1220. The lowest BCUT2D eigenvalue weighted by Gasteiger charge is -2.32. The molecule has 0 heterocycles. The van der Waals surface area contributed by atoms with Crippen LogP contribution in [-0.4, -0.2) is 35.4 Å². The predicted octanol–water partition coefficient (Wildman–Crippen LogP) is 6.72. The van der Waals surface area contributed by atoms with Crippen LogP contribution in [0.4, 0.5) is 0 Å². The van der Waals surface area contributed by atoms with E-state index in [0.29, 0.717) is 32.8 Å². The molecule has 0 bridgehead atoms. The second-order valence-corrected chi connectivity index (χ2v) is 10.4. The molecule has 5 nitrogen and oxygen atoms in total. The number of nitrogens with one attached hydrogen (secondary N) is 1. The summed E-state index contributed by atoms with van der Waals surface area (Å²) in [5, 5.41) is 4.50. The van der Waals surface area contributed by atoms with Gasteiger partial charge in [-0.3, -0.25) is 9.59 Å². The smallest absolute Gasteiger partial charge is 0.261 e. The van der Waals surface area contributed by atoms with E-state index in [1.807, 2.05) is 30.3 Å². The van der Waals surface area contributed by atoms with Gasteiger partial charge in [0.2, 0.25) is 5.91 Å². The Labute approximate surface area is 232 Å². The maximum Gasteiger partial charge on any atom is 0.261 e. The van der Waals surface area contributed by atoms with E-state index in [-0.39, 0.29) is 31.0 Å². The summed E-state index contributed by atoms with van der Waals surface area (Å²) in [6.45, 7) is -0.159.